The Morgan fingerprint density at radius 3 is 2.04 bits per heavy atom. The Hall–Kier alpha value is -0.920. The number of hydrogen-bond acceptors (Lipinski definition) is 6. The number of rotatable bonds is 7. The first kappa shape index (κ1) is 28.9. The summed E-state index contributed by atoms with van der Waals surface area (Å²) in [5.41, 5.74) is 5.89. The molecule has 0 aliphatic heterocycles. The fourth-order valence-electron chi connectivity index (χ4n) is 1.59. The Balaban J connectivity index is -0.000000900. The number of aliphatic carboxylic acids is 1. The van der Waals surface area contributed by atoms with Gasteiger partial charge in [0.15, 0.2) is 6.61 Å². The molecule has 0 saturated heterocycles. The molecule has 0 fully saturated rings. The minimum Gasteiger partial charge on any atom is -0.658 e. The monoisotopic (exact) mass is 365 g/mol. The van der Waals surface area contributed by atoms with Gasteiger partial charge >= 0.3 is 65.3 Å². The second-order valence-electron chi connectivity index (χ2n) is 4.72. The molecule has 0 aliphatic carbocycles. The van der Waals surface area contributed by atoms with Crippen molar-refractivity contribution in [2.45, 2.75) is 20.3 Å². The van der Waals surface area contributed by atoms with Gasteiger partial charge in [-0.3, -0.25) is 10.9 Å². The third-order valence-electron chi connectivity index (χ3n) is 2.39. The van der Waals surface area contributed by atoms with Gasteiger partial charge in [-0.2, -0.15) is 15.2 Å². The molecule has 0 saturated carbocycles. The molecule has 1 aromatic rings. The number of allylic oxidation sites excluding steroid dienone is 1. The Kier molecular flexibility index (Phi) is 19.1. The van der Waals surface area contributed by atoms with Crippen LogP contribution in [0.15, 0.2) is 29.8 Å². The van der Waals surface area contributed by atoms with E-state index in [0.717, 1.165) is 5.56 Å². The summed E-state index contributed by atoms with van der Waals surface area (Å²) in [4.78, 5) is 37.8. The average molecular weight is 365 g/mol. The number of hydrogen-bond donors (Lipinski definition) is 1. The standard InChI is InChI=1S/C15H18NO4.CO2.2Na/c1-10(2)7-12(15(18)19)8-11-3-5-13(6-4-11)20-9-14(16)17;2-1-3;;/h3-6,10H,8-9H2,1-2H3,(H2,16,17)(H,18,19);;;/q-1;;2*+1/p-1. The second kappa shape index (κ2) is 16.5. The van der Waals surface area contributed by atoms with Crippen molar-refractivity contribution >= 4 is 18.0 Å². The van der Waals surface area contributed by atoms with Crippen molar-refractivity contribution in [1.29, 1.82) is 0 Å². The van der Waals surface area contributed by atoms with Crippen LogP contribution in [0.2, 0.25) is 0 Å². The number of carbonyl (C=O) groups is 2. The van der Waals surface area contributed by atoms with Crippen LogP contribution in [0.5, 0.6) is 5.75 Å². The van der Waals surface area contributed by atoms with Crippen LogP contribution in [0.4, 0.5) is 0 Å². The van der Waals surface area contributed by atoms with Gasteiger partial charge in [0.25, 0.3) is 5.91 Å². The smallest absolute Gasteiger partial charge is 0.658 e. The molecule has 9 heteroatoms. The van der Waals surface area contributed by atoms with Crippen LogP contribution in [-0.2, 0) is 25.6 Å². The summed E-state index contributed by atoms with van der Waals surface area (Å²) in [6.07, 6.45) is 3.33. The largest absolute Gasteiger partial charge is 1.00 e. The fourth-order valence-corrected chi connectivity index (χ4v) is 1.59. The van der Waals surface area contributed by atoms with Crippen LogP contribution in [0.1, 0.15) is 19.4 Å². The van der Waals surface area contributed by atoms with E-state index in [1.807, 2.05) is 13.8 Å². The topological polar surface area (TPSA) is 127 Å². The van der Waals surface area contributed by atoms with Crippen molar-refractivity contribution in [2.24, 2.45) is 11.7 Å². The van der Waals surface area contributed by atoms with Crippen LogP contribution in [-0.4, -0.2) is 24.6 Å². The van der Waals surface area contributed by atoms with Crippen molar-refractivity contribution in [2.75, 3.05) is 6.61 Å². The molecule has 0 aliphatic rings. The molecule has 0 spiro atoms. The minimum atomic E-state index is -1.22. The van der Waals surface area contributed by atoms with E-state index >= 15 is 0 Å². The molecule has 0 unspecified atom stereocenters. The molecule has 25 heavy (non-hydrogen) atoms. The summed E-state index contributed by atoms with van der Waals surface area (Å²) in [6.45, 7) is 3.51. The van der Waals surface area contributed by atoms with Gasteiger partial charge in [-0.15, -0.1) is 11.9 Å². The average Bonchev–Trinajstić information content (AvgIpc) is 2.46. The SMILES string of the molecule is CC(C)[C-]=C(Cc1ccc(OCC(N)=O)cc1)C(=O)[O-].O=C=O.[Na+].[Na+]. The van der Waals surface area contributed by atoms with Crippen molar-refractivity contribution in [1.82, 2.24) is 0 Å². The van der Waals surface area contributed by atoms with E-state index in [4.69, 9.17) is 20.1 Å². The maximum absolute atomic E-state index is 11.0. The van der Waals surface area contributed by atoms with Gasteiger partial charge in [-0.25, -0.2) is 0 Å². The van der Waals surface area contributed by atoms with Crippen molar-refractivity contribution in [3.63, 3.8) is 0 Å². The van der Waals surface area contributed by atoms with Crippen LogP contribution in [0.3, 0.4) is 0 Å². The van der Waals surface area contributed by atoms with Gasteiger partial charge in [0.2, 0.25) is 0 Å². The van der Waals surface area contributed by atoms with Gasteiger partial charge < -0.3 is 20.4 Å². The number of amides is 1. The molecule has 0 heterocycles. The molecule has 2 N–H and O–H groups in total. The fraction of sp³-hybridized carbons (Fsp3) is 0.312. The summed E-state index contributed by atoms with van der Waals surface area (Å²) in [5, 5.41) is 11.0. The van der Waals surface area contributed by atoms with Gasteiger partial charge in [0, 0.05) is 0 Å². The molecule has 1 aromatic carbocycles. The predicted molar refractivity (Wildman–Crippen MR) is 76.4 cm³/mol. The first-order chi connectivity index (χ1) is 10.8. The van der Waals surface area contributed by atoms with Gasteiger partial charge in [0.05, 0.1) is 0 Å². The maximum atomic E-state index is 11.0. The summed E-state index contributed by atoms with van der Waals surface area (Å²) in [7, 11) is 0. The van der Waals surface area contributed by atoms with E-state index in [0.29, 0.717) is 5.75 Å². The van der Waals surface area contributed by atoms with Crippen LogP contribution >= 0.6 is 0 Å². The quantitative estimate of drug-likeness (QED) is 0.291. The Morgan fingerprint density at radius 2 is 1.68 bits per heavy atom. The second-order valence-corrected chi connectivity index (χ2v) is 4.72. The number of carboxylic acids is 1. The van der Waals surface area contributed by atoms with Crippen LogP contribution < -0.4 is 74.7 Å². The summed E-state index contributed by atoms with van der Waals surface area (Å²) >= 11 is 0. The van der Waals surface area contributed by atoms with Gasteiger partial charge in [-0.1, -0.05) is 26.0 Å². The number of ether oxygens (including phenoxy) is 1. The normalized spacial score (nSPS) is 9.48. The van der Waals surface area contributed by atoms with E-state index in [2.05, 4.69) is 6.08 Å². The molecule has 0 aromatic heterocycles. The molecule has 0 radical (unpaired) electrons. The summed E-state index contributed by atoms with van der Waals surface area (Å²) in [5.74, 6) is -1.25. The van der Waals surface area contributed by atoms with Crippen LogP contribution in [0, 0.1) is 12.0 Å². The van der Waals surface area contributed by atoms with Gasteiger partial charge in [0.1, 0.15) is 5.75 Å². The molecule has 1 rings (SSSR count). The van der Waals surface area contributed by atoms with E-state index < -0.39 is 11.9 Å². The Morgan fingerprint density at radius 1 is 1.20 bits per heavy atom. The number of primary amides is 1. The van der Waals surface area contributed by atoms with Crippen molar-refractivity contribution in [3.8, 4) is 5.75 Å². The molecular weight excluding hydrogens is 348 g/mol. The number of benzene rings is 1. The number of carboxylic acid groups (broad SMARTS) is 1. The third kappa shape index (κ3) is 15.1. The van der Waals surface area contributed by atoms with Crippen molar-refractivity contribution in [3.05, 3.63) is 41.5 Å². The first-order valence-electron chi connectivity index (χ1n) is 6.63. The van der Waals surface area contributed by atoms with Gasteiger partial charge in [-0.05, 0) is 24.1 Å². The minimum absolute atomic E-state index is 0. The maximum Gasteiger partial charge on any atom is 1.00 e. The zero-order chi connectivity index (χ0) is 17.8. The number of carbonyl (C=O) groups excluding carboxylic acids is 4. The Labute approximate surface area is 190 Å². The zero-order valence-corrected chi connectivity index (χ0v) is 18.8. The van der Waals surface area contributed by atoms with Crippen LogP contribution in [0.25, 0.3) is 0 Å². The first-order valence-corrected chi connectivity index (χ1v) is 6.63. The molecule has 7 nitrogen and oxygen atoms in total. The zero-order valence-electron chi connectivity index (χ0n) is 14.8. The number of nitrogens with two attached hydrogens (primary N) is 1. The summed E-state index contributed by atoms with van der Waals surface area (Å²) < 4.78 is 5.11. The van der Waals surface area contributed by atoms with E-state index in [9.17, 15) is 14.7 Å². The molecule has 124 valence electrons. The molecule has 0 bridgehead atoms. The van der Waals surface area contributed by atoms with E-state index in [-0.39, 0.29) is 89.8 Å². The summed E-state index contributed by atoms with van der Waals surface area (Å²) in [6, 6.07) is 6.75. The van der Waals surface area contributed by atoms with E-state index in [1.165, 1.54) is 0 Å². The molecule has 1 amide bonds. The Bertz CT molecular complexity index is 593. The third-order valence-corrected chi connectivity index (χ3v) is 2.39. The predicted octanol–water partition coefficient (Wildman–Crippen LogP) is -6.35. The van der Waals surface area contributed by atoms with E-state index in [1.54, 1.807) is 24.3 Å². The molecular formula is C16H17NNa2O6. The molecule has 0 atom stereocenters. The van der Waals surface area contributed by atoms with Crippen molar-refractivity contribution < 1.29 is 88.1 Å².